The van der Waals surface area contributed by atoms with Crippen LogP contribution in [0.25, 0.3) is 0 Å². The summed E-state index contributed by atoms with van der Waals surface area (Å²) in [5, 5.41) is 7.53. The molecule has 1 aromatic carbocycles. The van der Waals surface area contributed by atoms with Gasteiger partial charge < -0.3 is 15.4 Å². The first-order valence-corrected chi connectivity index (χ1v) is 8.73. The van der Waals surface area contributed by atoms with E-state index < -0.39 is 0 Å². The van der Waals surface area contributed by atoms with Gasteiger partial charge >= 0.3 is 0 Å². The van der Waals surface area contributed by atoms with E-state index in [1.165, 1.54) is 25.7 Å². The molecule has 2 aliphatic carbocycles. The number of hydrazine groups is 1. The van der Waals surface area contributed by atoms with Gasteiger partial charge in [-0.2, -0.15) is 0 Å². The smallest absolute Gasteiger partial charge is 0.189 e. The van der Waals surface area contributed by atoms with Gasteiger partial charge in [0, 0.05) is 17.8 Å². The summed E-state index contributed by atoms with van der Waals surface area (Å²) in [4.78, 5) is 0. The van der Waals surface area contributed by atoms with Gasteiger partial charge in [-0.05, 0) is 67.7 Å². The van der Waals surface area contributed by atoms with Crippen LogP contribution in [-0.2, 0) is 0 Å². The van der Waals surface area contributed by atoms with Crippen LogP contribution in [0.15, 0.2) is 24.3 Å². The molecule has 0 aromatic heterocycles. The normalized spacial score (nSPS) is 24.8. The minimum atomic E-state index is 0.454. The highest BCUT2D eigenvalue weighted by Gasteiger charge is 2.39. The van der Waals surface area contributed by atoms with Crippen molar-refractivity contribution in [1.82, 2.24) is 16.2 Å². The maximum atomic E-state index is 5.34. The molecule has 124 valence electrons. The number of rotatable bonds is 3. The predicted molar refractivity (Wildman–Crippen MR) is 100 cm³/mol. The lowest BCUT2D eigenvalue weighted by atomic mass is 9.96. The first-order chi connectivity index (χ1) is 11.1. The fourth-order valence-electron chi connectivity index (χ4n) is 3.60. The molecule has 5 nitrogen and oxygen atoms in total. The van der Waals surface area contributed by atoms with Crippen molar-refractivity contribution in [3.05, 3.63) is 24.3 Å². The summed E-state index contributed by atoms with van der Waals surface area (Å²) >= 11 is 10.6. The molecule has 3 atom stereocenters. The van der Waals surface area contributed by atoms with E-state index in [1.54, 1.807) is 7.11 Å². The number of fused-ring (bicyclic) bond motifs is 2. The van der Waals surface area contributed by atoms with E-state index >= 15 is 0 Å². The van der Waals surface area contributed by atoms with Crippen molar-refractivity contribution in [2.24, 2.45) is 11.8 Å². The fraction of sp³-hybridized carbons (Fsp3) is 0.500. The zero-order valence-corrected chi connectivity index (χ0v) is 14.7. The van der Waals surface area contributed by atoms with Gasteiger partial charge in [-0.1, -0.05) is 12.5 Å². The van der Waals surface area contributed by atoms with E-state index in [9.17, 15) is 0 Å². The molecule has 2 saturated carbocycles. The molecule has 0 radical (unpaired) electrons. The predicted octanol–water partition coefficient (Wildman–Crippen LogP) is 2.55. The molecular weight excluding hydrogens is 328 g/mol. The second kappa shape index (κ2) is 7.31. The number of hydrogen-bond donors (Lipinski definition) is 4. The summed E-state index contributed by atoms with van der Waals surface area (Å²) in [6.45, 7) is 0. The van der Waals surface area contributed by atoms with Crippen molar-refractivity contribution < 1.29 is 4.74 Å². The summed E-state index contributed by atoms with van der Waals surface area (Å²) < 4.78 is 5.18. The van der Waals surface area contributed by atoms with Crippen LogP contribution in [0.5, 0.6) is 5.75 Å². The van der Waals surface area contributed by atoms with Crippen LogP contribution in [0.1, 0.15) is 25.7 Å². The first-order valence-electron chi connectivity index (χ1n) is 7.91. The standard InChI is InChI=1S/C16H22N4OS2/c1-21-13-4-2-3-12(9-13)17-15(22)19-20-16(23)18-14-8-10-5-6-11(14)7-10/h2-4,9-11,14H,5-8H2,1H3,(H2,17,19,22)(H2,18,20,23)/t10-,11+,14+/m0/s1. The second-order valence-electron chi connectivity index (χ2n) is 6.19. The molecule has 23 heavy (non-hydrogen) atoms. The Kier molecular flexibility index (Phi) is 5.17. The average Bonchev–Trinajstić information content (AvgIpc) is 3.16. The van der Waals surface area contributed by atoms with Gasteiger partial charge in [-0.25, -0.2) is 0 Å². The quantitative estimate of drug-likeness (QED) is 0.494. The molecule has 0 amide bonds. The molecule has 3 rings (SSSR count). The zero-order chi connectivity index (χ0) is 16.2. The molecule has 0 aliphatic heterocycles. The van der Waals surface area contributed by atoms with Crippen molar-refractivity contribution >= 4 is 40.3 Å². The lowest BCUT2D eigenvalue weighted by molar-refractivity contribution is 0.389. The van der Waals surface area contributed by atoms with Gasteiger partial charge in [0.25, 0.3) is 0 Å². The number of anilines is 1. The van der Waals surface area contributed by atoms with Gasteiger partial charge in [0.1, 0.15) is 5.75 Å². The number of hydrogen-bond acceptors (Lipinski definition) is 3. The highest BCUT2D eigenvalue weighted by molar-refractivity contribution is 7.80. The molecule has 0 unspecified atom stereocenters. The number of nitrogens with one attached hydrogen (secondary N) is 4. The molecule has 0 saturated heterocycles. The second-order valence-corrected chi connectivity index (χ2v) is 7.01. The van der Waals surface area contributed by atoms with E-state index in [0.29, 0.717) is 16.3 Å². The van der Waals surface area contributed by atoms with Crippen molar-refractivity contribution in [2.45, 2.75) is 31.7 Å². The molecule has 2 bridgehead atoms. The topological polar surface area (TPSA) is 57.4 Å². The summed E-state index contributed by atoms with van der Waals surface area (Å²) in [5.74, 6) is 2.45. The van der Waals surface area contributed by atoms with E-state index in [1.807, 2.05) is 24.3 Å². The number of benzene rings is 1. The van der Waals surface area contributed by atoms with Gasteiger partial charge in [0.05, 0.1) is 7.11 Å². The summed E-state index contributed by atoms with van der Waals surface area (Å²) in [6, 6.07) is 8.09. The summed E-state index contributed by atoms with van der Waals surface area (Å²) in [5.41, 5.74) is 6.72. The van der Waals surface area contributed by atoms with Gasteiger partial charge in [-0.3, -0.25) is 10.9 Å². The Hall–Kier alpha value is -1.60. The lowest BCUT2D eigenvalue weighted by Gasteiger charge is -2.24. The molecule has 1 aromatic rings. The SMILES string of the molecule is COc1cccc(NC(=S)NNC(=S)N[C@@H]2C[C@H]3CC[C@@H]2C3)c1. The highest BCUT2D eigenvalue weighted by atomic mass is 32.1. The number of ether oxygens (including phenoxy) is 1. The van der Waals surface area contributed by atoms with E-state index in [-0.39, 0.29) is 0 Å². The van der Waals surface area contributed by atoms with Crippen LogP contribution in [0.4, 0.5) is 5.69 Å². The molecule has 0 heterocycles. The van der Waals surface area contributed by atoms with Crippen LogP contribution in [-0.4, -0.2) is 23.4 Å². The highest BCUT2D eigenvalue weighted by Crippen LogP contribution is 2.44. The van der Waals surface area contributed by atoms with E-state index in [4.69, 9.17) is 29.2 Å². The third-order valence-electron chi connectivity index (χ3n) is 4.67. The van der Waals surface area contributed by atoms with Gasteiger partial charge in [-0.15, -0.1) is 0 Å². The molecule has 7 heteroatoms. The number of methoxy groups -OCH3 is 1. The summed E-state index contributed by atoms with van der Waals surface area (Å²) in [6.07, 6.45) is 5.30. The van der Waals surface area contributed by atoms with Crippen LogP contribution in [0, 0.1) is 11.8 Å². The lowest BCUT2D eigenvalue weighted by Crippen LogP contribution is -2.51. The Bertz CT molecular complexity index is 595. The zero-order valence-electron chi connectivity index (χ0n) is 13.1. The molecular formula is C16H22N4OS2. The van der Waals surface area contributed by atoms with Crippen molar-refractivity contribution in [2.75, 3.05) is 12.4 Å². The van der Waals surface area contributed by atoms with Crippen molar-refractivity contribution in [1.29, 1.82) is 0 Å². The van der Waals surface area contributed by atoms with Gasteiger partial charge in [0.2, 0.25) is 0 Å². The van der Waals surface area contributed by atoms with Crippen LogP contribution < -0.4 is 26.2 Å². The maximum absolute atomic E-state index is 5.34. The van der Waals surface area contributed by atoms with Crippen LogP contribution in [0.3, 0.4) is 0 Å². The molecule has 4 N–H and O–H groups in total. The molecule has 2 fully saturated rings. The summed E-state index contributed by atoms with van der Waals surface area (Å²) in [7, 11) is 1.64. The Morgan fingerprint density at radius 2 is 1.96 bits per heavy atom. The van der Waals surface area contributed by atoms with Crippen molar-refractivity contribution in [3.63, 3.8) is 0 Å². The van der Waals surface area contributed by atoms with E-state index in [2.05, 4.69) is 21.5 Å². The maximum Gasteiger partial charge on any atom is 0.189 e. The number of thiocarbonyl (C=S) groups is 2. The molecule has 0 spiro atoms. The first kappa shape index (κ1) is 16.3. The third kappa shape index (κ3) is 4.23. The Labute approximate surface area is 147 Å². The van der Waals surface area contributed by atoms with Crippen LogP contribution >= 0.6 is 24.4 Å². The van der Waals surface area contributed by atoms with Crippen molar-refractivity contribution in [3.8, 4) is 5.75 Å². The van der Waals surface area contributed by atoms with Crippen LogP contribution in [0.2, 0.25) is 0 Å². The fourth-order valence-corrected chi connectivity index (χ4v) is 3.97. The third-order valence-corrected chi connectivity index (χ3v) is 5.10. The van der Waals surface area contributed by atoms with E-state index in [0.717, 1.165) is 23.3 Å². The largest absolute Gasteiger partial charge is 0.497 e. The van der Waals surface area contributed by atoms with Gasteiger partial charge in [0.15, 0.2) is 10.2 Å². The Morgan fingerprint density at radius 3 is 2.65 bits per heavy atom. The average molecular weight is 351 g/mol. The minimum Gasteiger partial charge on any atom is -0.497 e. The minimum absolute atomic E-state index is 0.454. The molecule has 2 aliphatic rings. The Morgan fingerprint density at radius 1 is 1.13 bits per heavy atom. The Balaban J connectivity index is 1.40. The monoisotopic (exact) mass is 350 g/mol.